The van der Waals surface area contributed by atoms with E-state index in [1.54, 1.807) is 0 Å². The summed E-state index contributed by atoms with van der Waals surface area (Å²) in [6, 6.07) is 26.5. The van der Waals surface area contributed by atoms with Crippen LogP contribution >= 0.6 is 0 Å². The predicted octanol–water partition coefficient (Wildman–Crippen LogP) is 8.30. The van der Waals surface area contributed by atoms with Crippen LogP contribution in [0, 0.1) is 24.7 Å². The van der Waals surface area contributed by atoms with Crippen molar-refractivity contribution in [1.82, 2.24) is 4.57 Å². The Labute approximate surface area is 232 Å². The summed E-state index contributed by atoms with van der Waals surface area (Å²) in [5, 5.41) is 12.4. The SMILES string of the molecule is Cc1ccc(C2=NC(=O)c3c2c(O)n(C(c2ccccc2)(C(C)(C)C)C(C)(C)C)c3-c2ccc(C)cc2)cc1. The maximum absolute atomic E-state index is 13.8. The van der Waals surface area contributed by atoms with Crippen molar-refractivity contribution >= 4 is 11.6 Å². The number of hydrogen-bond donors (Lipinski definition) is 1. The number of fused-ring (bicyclic) bond motifs is 1. The van der Waals surface area contributed by atoms with Crippen LogP contribution < -0.4 is 0 Å². The highest BCUT2D eigenvalue weighted by atomic mass is 16.3. The molecule has 0 unspecified atom stereocenters. The van der Waals surface area contributed by atoms with Crippen molar-refractivity contribution in [2.24, 2.45) is 15.8 Å². The molecule has 39 heavy (non-hydrogen) atoms. The van der Waals surface area contributed by atoms with Crippen LogP contribution in [-0.4, -0.2) is 21.3 Å². The molecule has 1 aliphatic rings. The van der Waals surface area contributed by atoms with Crippen LogP contribution in [0.2, 0.25) is 0 Å². The maximum atomic E-state index is 13.8. The first kappa shape index (κ1) is 26.7. The molecule has 0 saturated heterocycles. The molecule has 1 aromatic heterocycles. The number of nitrogens with zero attached hydrogens (tertiary/aromatic N) is 2. The minimum atomic E-state index is -0.741. The van der Waals surface area contributed by atoms with E-state index in [-0.39, 0.29) is 22.6 Å². The summed E-state index contributed by atoms with van der Waals surface area (Å²) >= 11 is 0. The van der Waals surface area contributed by atoms with Gasteiger partial charge in [-0.25, -0.2) is 4.99 Å². The minimum absolute atomic E-state index is 0.0689. The third-order valence-electron chi connectivity index (χ3n) is 8.16. The average molecular weight is 519 g/mol. The first-order chi connectivity index (χ1) is 18.3. The molecule has 200 valence electrons. The van der Waals surface area contributed by atoms with E-state index < -0.39 is 5.54 Å². The first-order valence-corrected chi connectivity index (χ1v) is 13.6. The number of rotatable bonds is 4. The average Bonchev–Trinajstić information content (AvgIpc) is 3.35. The Morgan fingerprint density at radius 2 is 1.15 bits per heavy atom. The van der Waals surface area contributed by atoms with Crippen LogP contribution in [0.5, 0.6) is 5.88 Å². The van der Waals surface area contributed by atoms with Gasteiger partial charge in [0, 0.05) is 5.56 Å². The number of benzene rings is 3. The number of aromatic nitrogens is 1. The molecule has 1 N–H and O–H groups in total. The fourth-order valence-corrected chi connectivity index (χ4v) is 6.91. The Bertz CT molecular complexity index is 1560. The van der Waals surface area contributed by atoms with E-state index >= 15 is 0 Å². The standard InChI is InChI=1S/C35H38N2O2/c1-22-14-18-24(19-15-22)29-27-28(31(38)36-29)30(25-20-16-23(2)17-21-25)37(32(27)39)35(33(3,4)5,34(6,7)8)26-12-10-9-11-13-26/h9-21,39H,1-8H3. The molecule has 4 aromatic rings. The summed E-state index contributed by atoms with van der Waals surface area (Å²) in [7, 11) is 0. The molecule has 0 spiro atoms. The molecule has 5 rings (SSSR count). The number of hydrogen-bond acceptors (Lipinski definition) is 2. The molecular formula is C35H38N2O2. The number of aromatic hydroxyl groups is 1. The number of aryl methyl sites for hydroxylation is 2. The summed E-state index contributed by atoms with van der Waals surface area (Å²) in [5.74, 6) is -0.255. The molecule has 1 aliphatic heterocycles. The zero-order chi connectivity index (χ0) is 28.3. The van der Waals surface area contributed by atoms with Crippen molar-refractivity contribution in [2.45, 2.75) is 60.9 Å². The highest BCUT2D eigenvalue weighted by Crippen LogP contribution is 2.59. The van der Waals surface area contributed by atoms with Gasteiger partial charge in [-0.15, -0.1) is 0 Å². The van der Waals surface area contributed by atoms with Crippen LogP contribution in [0.3, 0.4) is 0 Å². The molecule has 4 nitrogen and oxygen atoms in total. The first-order valence-electron chi connectivity index (χ1n) is 13.6. The third-order valence-corrected chi connectivity index (χ3v) is 8.16. The van der Waals surface area contributed by atoms with Gasteiger partial charge in [-0.3, -0.25) is 9.36 Å². The summed E-state index contributed by atoms with van der Waals surface area (Å²) < 4.78 is 2.05. The van der Waals surface area contributed by atoms with Crippen molar-refractivity contribution in [3.63, 3.8) is 0 Å². The molecular weight excluding hydrogens is 480 g/mol. The van der Waals surface area contributed by atoms with E-state index in [1.807, 2.05) is 68.4 Å². The Hall–Kier alpha value is -3.92. The summed E-state index contributed by atoms with van der Waals surface area (Å²) in [4.78, 5) is 18.3. The van der Waals surface area contributed by atoms with Crippen molar-refractivity contribution in [3.8, 4) is 17.1 Å². The fourth-order valence-electron chi connectivity index (χ4n) is 6.91. The van der Waals surface area contributed by atoms with Crippen LogP contribution in [0.1, 0.15) is 79.7 Å². The number of carbonyl (C=O) groups excluding carboxylic acids is 1. The largest absolute Gasteiger partial charge is 0.494 e. The van der Waals surface area contributed by atoms with Crippen molar-refractivity contribution < 1.29 is 9.90 Å². The monoisotopic (exact) mass is 518 g/mol. The molecule has 0 aliphatic carbocycles. The Kier molecular flexibility index (Phi) is 6.21. The molecule has 0 fully saturated rings. The number of aliphatic imine (C=N–C) groups is 1. The molecule has 0 bridgehead atoms. The third kappa shape index (κ3) is 3.96. The van der Waals surface area contributed by atoms with Gasteiger partial charge in [-0.1, -0.05) is 132 Å². The summed E-state index contributed by atoms with van der Waals surface area (Å²) in [6.45, 7) is 17.4. The van der Waals surface area contributed by atoms with Gasteiger partial charge < -0.3 is 5.11 Å². The fraction of sp³-hybridized carbons (Fsp3) is 0.314. The highest BCUT2D eigenvalue weighted by Gasteiger charge is 2.56. The normalized spacial score (nSPS) is 13.9. The van der Waals surface area contributed by atoms with E-state index in [9.17, 15) is 9.90 Å². The molecule has 0 radical (unpaired) electrons. The van der Waals surface area contributed by atoms with Gasteiger partial charge in [0.05, 0.1) is 28.1 Å². The molecule has 1 amide bonds. The molecule has 0 atom stereocenters. The predicted molar refractivity (Wildman–Crippen MR) is 160 cm³/mol. The van der Waals surface area contributed by atoms with Crippen LogP contribution in [0.4, 0.5) is 0 Å². The summed E-state index contributed by atoms with van der Waals surface area (Å²) in [5.41, 5.74) is 5.70. The van der Waals surface area contributed by atoms with Crippen LogP contribution in [-0.2, 0) is 5.54 Å². The van der Waals surface area contributed by atoms with Gasteiger partial charge >= 0.3 is 0 Å². The lowest BCUT2D eigenvalue weighted by Gasteiger charge is -2.56. The molecule has 3 aromatic carbocycles. The van der Waals surface area contributed by atoms with E-state index in [1.165, 1.54) is 0 Å². The van der Waals surface area contributed by atoms with E-state index in [2.05, 4.69) is 75.4 Å². The topological polar surface area (TPSA) is 54.6 Å². The Morgan fingerprint density at radius 3 is 1.64 bits per heavy atom. The van der Waals surface area contributed by atoms with E-state index in [4.69, 9.17) is 0 Å². The number of amides is 1. The second-order valence-electron chi connectivity index (χ2n) is 12.8. The molecule has 4 heteroatoms. The van der Waals surface area contributed by atoms with Gasteiger partial charge in [0.1, 0.15) is 0 Å². The van der Waals surface area contributed by atoms with Crippen LogP contribution in [0.15, 0.2) is 83.9 Å². The minimum Gasteiger partial charge on any atom is -0.494 e. The van der Waals surface area contributed by atoms with Gasteiger partial charge in [0.2, 0.25) is 5.88 Å². The highest BCUT2D eigenvalue weighted by molar-refractivity contribution is 6.30. The zero-order valence-corrected chi connectivity index (χ0v) is 24.3. The lowest BCUT2D eigenvalue weighted by Crippen LogP contribution is -2.55. The van der Waals surface area contributed by atoms with Gasteiger partial charge in [-0.2, -0.15) is 0 Å². The second-order valence-corrected chi connectivity index (χ2v) is 12.8. The van der Waals surface area contributed by atoms with Crippen molar-refractivity contribution in [2.75, 3.05) is 0 Å². The Balaban J connectivity index is 1.98. The quantitative estimate of drug-likeness (QED) is 0.295. The smallest absolute Gasteiger partial charge is 0.280 e. The second kappa shape index (κ2) is 9.08. The zero-order valence-electron chi connectivity index (χ0n) is 24.3. The van der Waals surface area contributed by atoms with Crippen LogP contribution in [0.25, 0.3) is 11.3 Å². The van der Waals surface area contributed by atoms with Crippen molar-refractivity contribution in [3.05, 3.63) is 112 Å². The van der Waals surface area contributed by atoms with Crippen molar-refractivity contribution in [1.29, 1.82) is 0 Å². The lowest BCUT2D eigenvalue weighted by atomic mass is 9.56. The lowest BCUT2D eigenvalue weighted by molar-refractivity contribution is 0.0174. The maximum Gasteiger partial charge on any atom is 0.280 e. The van der Waals surface area contributed by atoms with E-state index in [0.717, 1.165) is 27.8 Å². The van der Waals surface area contributed by atoms with E-state index in [0.29, 0.717) is 22.5 Å². The molecule has 2 heterocycles. The Morgan fingerprint density at radius 1 is 0.667 bits per heavy atom. The van der Waals surface area contributed by atoms with Gasteiger partial charge in [0.15, 0.2) is 0 Å². The molecule has 0 saturated carbocycles. The summed E-state index contributed by atoms with van der Waals surface area (Å²) in [6.07, 6.45) is 0. The number of carbonyl (C=O) groups is 1. The van der Waals surface area contributed by atoms with Gasteiger partial charge in [0.25, 0.3) is 5.91 Å². The van der Waals surface area contributed by atoms with Gasteiger partial charge in [-0.05, 0) is 35.8 Å².